The lowest BCUT2D eigenvalue weighted by atomic mass is 10.2. The molecule has 1 heterocycles. The summed E-state index contributed by atoms with van der Waals surface area (Å²) < 4.78 is 11.1. The molecule has 0 aliphatic rings. The molecule has 1 atom stereocenters. The smallest absolute Gasteiger partial charge is 0.340 e. The molecule has 0 radical (unpaired) electrons. The predicted octanol–water partition coefficient (Wildman–Crippen LogP) is 2.27. The van der Waals surface area contributed by atoms with Crippen LogP contribution in [-0.2, 0) is 9.47 Å². The van der Waals surface area contributed by atoms with Crippen LogP contribution in [-0.4, -0.2) is 30.8 Å². The number of pyridine rings is 1. The van der Waals surface area contributed by atoms with Gasteiger partial charge in [0, 0.05) is 36.1 Å². The van der Waals surface area contributed by atoms with Crippen LogP contribution in [0.3, 0.4) is 0 Å². The zero-order chi connectivity index (χ0) is 12.0. The summed E-state index contributed by atoms with van der Waals surface area (Å²) in [7, 11) is 1.62. The number of esters is 1. The van der Waals surface area contributed by atoms with Crippen molar-refractivity contribution in [2.75, 3.05) is 13.7 Å². The first kappa shape index (κ1) is 13.4. The number of carbonyl (C=O) groups is 1. The van der Waals surface area contributed by atoms with Crippen LogP contribution in [0.2, 0.25) is 0 Å². The summed E-state index contributed by atoms with van der Waals surface area (Å²) in [6, 6.07) is 1.75. The predicted molar refractivity (Wildman–Crippen MR) is 68.3 cm³/mol. The fourth-order valence-corrected chi connectivity index (χ4v) is 1.61. The van der Waals surface area contributed by atoms with Crippen LogP contribution >= 0.6 is 22.6 Å². The van der Waals surface area contributed by atoms with Crippen LogP contribution in [0.15, 0.2) is 18.5 Å². The first-order valence-electron chi connectivity index (χ1n) is 4.94. The van der Waals surface area contributed by atoms with Gasteiger partial charge in [0.2, 0.25) is 0 Å². The molecule has 0 bridgehead atoms. The van der Waals surface area contributed by atoms with E-state index in [4.69, 9.17) is 9.47 Å². The molecule has 0 N–H and O–H groups in total. The van der Waals surface area contributed by atoms with Gasteiger partial charge < -0.3 is 9.47 Å². The molecular weight excluding hydrogens is 321 g/mol. The molecule has 0 aromatic carbocycles. The van der Waals surface area contributed by atoms with Crippen molar-refractivity contribution in [1.29, 1.82) is 0 Å². The first-order valence-corrected chi connectivity index (χ1v) is 6.02. The van der Waals surface area contributed by atoms with Crippen molar-refractivity contribution in [3.63, 3.8) is 0 Å². The molecular formula is C11H14INO3. The van der Waals surface area contributed by atoms with E-state index in [9.17, 15) is 4.79 Å². The van der Waals surface area contributed by atoms with Crippen LogP contribution in [0.5, 0.6) is 0 Å². The van der Waals surface area contributed by atoms with Crippen molar-refractivity contribution < 1.29 is 14.3 Å². The van der Waals surface area contributed by atoms with Gasteiger partial charge in [-0.05, 0) is 35.6 Å². The second-order valence-corrected chi connectivity index (χ2v) is 4.63. The number of rotatable bonds is 5. The van der Waals surface area contributed by atoms with Gasteiger partial charge in [-0.3, -0.25) is 4.98 Å². The first-order chi connectivity index (χ1) is 7.63. The molecule has 0 saturated heterocycles. The van der Waals surface area contributed by atoms with E-state index in [2.05, 4.69) is 27.6 Å². The third kappa shape index (κ3) is 4.44. The molecule has 0 aliphatic carbocycles. The number of methoxy groups -OCH3 is 1. The van der Waals surface area contributed by atoms with Crippen LogP contribution in [0.25, 0.3) is 0 Å². The van der Waals surface area contributed by atoms with Crippen LogP contribution in [0.4, 0.5) is 0 Å². The summed E-state index contributed by atoms with van der Waals surface area (Å²) in [6.07, 6.45) is 3.74. The fourth-order valence-electron chi connectivity index (χ4n) is 1.12. The van der Waals surface area contributed by atoms with E-state index in [1.54, 1.807) is 19.4 Å². The standard InChI is InChI=1S/C11H14INO3/c1-8(3-4-15-2)16-11(14)9-5-10(12)7-13-6-9/h5-8H,3-4H2,1-2H3. The molecule has 1 aromatic rings. The van der Waals surface area contributed by atoms with E-state index >= 15 is 0 Å². The normalized spacial score (nSPS) is 12.2. The zero-order valence-electron chi connectivity index (χ0n) is 9.27. The highest BCUT2D eigenvalue weighted by Crippen LogP contribution is 2.09. The maximum atomic E-state index is 11.7. The molecule has 0 amide bonds. The molecule has 1 aromatic heterocycles. The number of aromatic nitrogens is 1. The SMILES string of the molecule is COCCC(C)OC(=O)c1cncc(I)c1. The Balaban J connectivity index is 2.52. The van der Waals surface area contributed by atoms with Crippen LogP contribution < -0.4 is 0 Å². The van der Waals surface area contributed by atoms with E-state index < -0.39 is 0 Å². The van der Waals surface area contributed by atoms with Crippen molar-refractivity contribution in [2.45, 2.75) is 19.4 Å². The number of hydrogen-bond acceptors (Lipinski definition) is 4. The van der Waals surface area contributed by atoms with Crippen molar-refractivity contribution in [3.05, 3.63) is 27.6 Å². The highest BCUT2D eigenvalue weighted by molar-refractivity contribution is 14.1. The lowest BCUT2D eigenvalue weighted by molar-refractivity contribution is 0.0266. The van der Waals surface area contributed by atoms with Gasteiger partial charge >= 0.3 is 5.97 Å². The molecule has 5 heteroatoms. The van der Waals surface area contributed by atoms with E-state index in [0.717, 1.165) is 3.57 Å². The minimum absolute atomic E-state index is 0.148. The summed E-state index contributed by atoms with van der Waals surface area (Å²) in [5, 5.41) is 0. The second-order valence-electron chi connectivity index (χ2n) is 3.39. The number of nitrogens with zero attached hydrogens (tertiary/aromatic N) is 1. The van der Waals surface area contributed by atoms with Crippen molar-refractivity contribution >= 4 is 28.6 Å². The van der Waals surface area contributed by atoms with Gasteiger partial charge in [-0.2, -0.15) is 0 Å². The van der Waals surface area contributed by atoms with Gasteiger partial charge in [0.15, 0.2) is 0 Å². The monoisotopic (exact) mass is 335 g/mol. The quantitative estimate of drug-likeness (QED) is 0.612. The zero-order valence-corrected chi connectivity index (χ0v) is 11.4. The Bertz CT molecular complexity index is 357. The summed E-state index contributed by atoms with van der Waals surface area (Å²) in [5.74, 6) is -0.338. The molecule has 1 rings (SSSR count). The van der Waals surface area contributed by atoms with Crippen molar-refractivity contribution in [2.24, 2.45) is 0 Å². The Labute approximate surface area is 108 Å². The van der Waals surface area contributed by atoms with Crippen molar-refractivity contribution in [3.8, 4) is 0 Å². The van der Waals surface area contributed by atoms with Gasteiger partial charge in [0.05, 0.1) is 5.56 Å². The molecule has 16 heavy (non-hydrogen) atoms. The Morgan fingerprint density at radius 1 is 1.56 bits per heavy atom. The van der Waals surface area contributed by atoms with Crippen LogP contribution in [0, 0.1) is 3.57 Å². The fraction of sp³-hybridized carbons (Fsp3) is 0.455. The third-order valence-electron chi connectivity index (χ3n) is 1.98. The number of hydrogen-bond donors (Lipinski definition) is 0. The van der Waals surface area contributed by atoms with E-state index in [-0.39, 0.29) is 12.1 Å². The maximum Gasteiger partial charge on any atom is 0.340 e. The molecule has 1 unspecified atom stereocenters. The van der Waals surface area contributed by atoms with Crippen molar-refractivity contribution in [1.82, 2.24) is 4.98 Å². The summed E-state index contributed by atoms with van der Waals surface area (Å²) in [5.41, 5.74) is 0.483. The lowest BCUT2D eigenvalue weighted by Crippen LogP contribution is -2.17. The molecule has 0 aliphatic heterocycles. The number of carbonyl (C=O) groups excluding carboxylic acids is 1. The summed E-state index contributed by atoms with van der Waals surface area (Å²) in [4.78, 5) is 15.6. The molecule has 0 fully saturated rings. The average molecular weight is 335 g/mol. The highest BCUT2D eigenvalue weighted by atomic mass is 127. The number of halogens is 1. The summed E-state index contributed by atoms with van der Waals surface area (Å²) in [6.45, 7) is 2.43. The van der Waals surface area contributed by atoms with Gasteiger partial charge in [-0.25, -0.2) is 4.79 Å². The summed E-state index contributed by atoms with van der Waals surface area (Å²) >= 11 is 2.10. The van der Waals surface area contributed by atoms with Gasteiger partial charge in [-0.15, -0.1) is 0 Å². The van der Waals surface area contributed by atoms with E-state index in [1.807, 2.05) is 6.92 Å². The highest BCUT2D eigenvalue weighted by Gasteiger charge is 2.12. The van der Waals surface area contributed by atoms with E-state index in [0.29, 0.717) is 18.6 Å². The Kier molecular flexibility index (Phi) is 5.68. The van der Waals surface area contributed by atoms with Gasteiger partial charge in [0.1, 0.15) is 6.10 Å². The topological polar surface area (TPSA) is 48.4 Å². The van der Waals surface area contributed by atoms with E-state index in [1.165, 1.54) is 6.20 Å². The number of ether oxygens (including phenoxy) is 2. The molecule has 4 nitrogen and oxygen atoms in total. The Morgan fingerprint density at radius 2 is 2.31 bits per heavy atom. The molecule has 0 spiro atoms. The lowest BCUT2D eigenvalue weighted by Gasteiger charge is -2.12. The van der Waals surface area contributed by atoms with Gasteiger partial charge in [0.25, 0.3) is 0 Å². The van der Waals surface area contributed by atoms with Crippen LogP contribution in [0.1, 0.15) is 23.7 Å². The van der Waals surface area contributed by atoms with Gasteiger partial charge in [-0.1, -0.05) is 0 Å². The Hall–Kier alpha value is -0.690. The molecule has 88 valence electrons. The Morgan fingerprint density at radius 3 is 2.94 bits per heavy atom. The molecule has 0 saturated carbocycles. The largest absolute Gasteiger partial charge is 0.459 e. The second kappa shape index (κ2) is 6.80. The maximum absolute atomic E-state index is 11.7. The average Bonchev–Trinajstić information content (AvgIpc) is 2.26. The minimum Gasteiger partial charge on any atom is -0.459 e. The third-order valence-corrected chi connectivity index (χ3v) is 2.57. The minimum atomic E-state index is -0.338.